The Hall–Kier alpha value is -2.22. The predicted octanol–water partition coefficient (Wildman–Crippen LogP) is 3.88. The van der Waals surface area contributed by atoms with Gasteiger partial charge in [-0.2, -0.15) is 0 Å². The van der Waals surface area contributed by atoms with Crippen LogP contribution in [0.4, 0.5) is 16.3 Å². The summed E-state index contributed by atoms with van der Waals surface area (Å²) in [5.74, 6) is 0.503. The fourth-order valence-corrected chi connectivity index (χ4v) is 2.41. The number of rotatable bonds is 2. The summed E-state index contributed by atoms with van der Waals surface area (Å²) in [6.45, 7) is 0. The van der Waals surface area contributed by atoms with Crippen LogP contribution in [0.25, 0.3) is 10.9 Å². The Balaban J connectivity index is 1.83. The molecule has 0 saturated carbocycles. The zero-order chi connectivity index (χ0) is 14.7. The molecule has 3 aromatic rings. The zero-order valence-electron chi connectivity index (χ0n) is 10.9. The van der Waals surface area contributed by atoms with Gasteiger partial charge in [0.15, 0.2) is 0 Å². The molecule has 0 aliphatic carbocycles. The van der Waals surface area contributed by atoms with Crippen LogP contribution in [0.1, 0.15) is 0 Å². The highest BCUT2D eigenvalue weighted by Gasteiger charge is 2.07. The first-order valence-electron chi connectivity index (χ1n) is 6.26. The standard InChI is InChI=1S/C15H11IN4O/c16-10-4-5-11-12(6-8-17-13(11)9-10)19-15(21)20-14-3-1-2-7-18-14/h1-9H,(H2,17,18,19,20,21). The Morgan fingerprint density at radius 1 is 1.00 bits per heavy atom. The van der Waals surface area contributed by atoms with Crippen molar-refractivity contribution in [3.05, 3.63) is 58.4 Å². The van der Waals surface area contributed by atoms with E-state index in [0.29, 0.717) is 11.5 Å². The minimum absolute atomic E-state index is 0.334. The number of hydrogen-bond donors (Lipinski definition) is 2. The van der Waals surface area contributed by atoms with Crippen molar-refractivity contribution in [1.29, 1.82) is 0 Å². The topological polar surface area (TPSA) is 66.9 Å². The summed E-state index contributed by atoms with van der Waals surface area (Å²) in [6, 6.07) is 12.7. The van der Waals surface area contributed by atoms with Crippen molar-refractivity contribution in [2.24, 2.45) is 0 Å². The van der Waals surface area contributed by atoms with Crippen LogP contribution in [0, 0.1) is 3.57 Å². The molecule has 0 bridgehead atoms. The number of anilines is 2. The van der Waals surface area contributed by atoms with Crippen LogP contribution in [0.15, 0.2) is 54.9 Å². The van der Waals surface area contributed by atoms with Crippen molar-refractivity contribution in [2.45, 2.75) is 0 Å². The lowest BCUT2D eigenvalue weighted by molar-refractivity contribution is 0.262. The number of fused-ring (bicyclic) bond motifs is 1. The minimum atomic E-state index is -0.334. The van der Waals surface area contributed by atoms with Gasteiger partial charge in [0.05, 0.1) is 11.2 Å². The van der Waals surface area contributed by atoms with Crippen LogP contribution >= 0.6 is 22.6 Å². The summed E-state index contributed by atoms with van der Waals surface area (Å²) in [5, 5.41) is 6.40. The molecule has 0 aliphatic rings. The van der Waals surface area contributed by atoms with Gasteiger partial charge in [0.1, 0.15) is 5.82 Å². The van der Waals surface area contributed by atoms with E-state index in [1.165, 1.54) is 0 Å². The molecule has 0 spiro atoms. The molecule has 2 heterocycles. The van der Waals surface area contributed by atoms with E-state index in [1.807, 2.05) is 24.3 Å². The average molecular weight is 390 g/mol. The lowest BCUT2D eigenvalue weighted by Crippen LogP contribution is -2.20. The molecule has 104 valence electrons. The molecule has 5 nitrogen and oxygen atoms in total. The summed E-state index contributed by atoms with van der Waals surface area (Å²) < 4.78 is 1.10. The second kappa shape index (κ2) is 6.04. The number of carbonyl (C=O) groups is 1. The second-order valence-electron chi connectivity index (χ2n) is 4.31. The third kappa shape index (κ3) is 3.27. The number of nitrogens with one attached hydrogen (secondary N) is 2. The monoisotopic (exact) mass is 390 g/mol. The van der Waals surface area contributed by atoms with Gasteiger partial charge in [-0.25, -0.2) is 9.78 Å². The summed E-state index contributed by atoms with van der Waals surface area (Å²) in [7, 11) is 0. The summed E-state index contributed by atoms with van der Waals surface area (Å²) >= 11 is 2.23. The van der Waals surface area contributed by atoms with E-state index in [2.05, 4.69) is 43.2 Å². The van der Waals surface area contributed by atoms with Gasteiger partial charge in [0, 0.05) is 21.4 Å². The molecular weight excluding hydrogens is 379 g/mol. The maximum atomic E-state index is 12.0. The van der Waals surface area contributed by atoms with Crippen molar-refractivity contribution < 1.29 is 4.79 Å². The van der Waals surface area contributed by atoms with Crippen molar-refractivity contribution in [3.63, 3.8) is 0 Å². The van der Waals surface area contributed by atoms with Crippen molar-refractivity contribution in [1.82, 2.24) is 9.97 Å². The van der Waals surface area contributed by atoms with Crippen molar-refractivity contribution >= 4 is 51.0 Å². The van der Waals surface area contributed by atoms with Gasteiger partial charge in [0.2, 0.25) is 0 Å². The molecule has 3 rings (SSSR count). The van der Waals surface area contributed by atoms with E-state index in [1.54, 1.807) is 30.6 Å². The Morgan fingerprint density at radius 2 is 1.90 bits per heavy atom. The number of hydrogen-bond acceptors (Lipinski definition) is 3. The molecule has 0 radical (unpaired) electrons. The number of benzene rings is 1. The Bertz CT molecular complexity index is 792. The van der Waals surface area contributed by atoms with Gasteiger partial charge in [-0.15, -0.1) is 0 Å². The Kier molecular flexibility index (Phi) is 3.96. The van der Waals surface area contributed by atoms with Crippen LogP contribution in [0.2, 0.25) is 0 Å². The number of pyridine rings is 2. The van der Waals surface area contributed by atoms with Crippen LogP contribution in [0.5, 0.6) is 0 Å². The second-order valence-corrected chi connectivity index (χ2v) is 5.56. The molecule has 0 unspecified atom stereocenters. The largest absolute Gasteiger partial charge is 0.324 e. The highest BCUT2D eigenvalue weighted by Crippen LogP contribution is 2.23. The summed E-state index contributed by atoms with van der Waals surface area (Å²) in [4.78, 5) is 20.4. The molecule has 21 heavy (non-hydrogen) atoms. The molecule has 0 aliphatic heterocycles. The first-order chi connectivity index (χ1) is 10.2. The van der Waals surface area contributed by atoms with Gasteiger partial charge in [-0.05, 0) is 59.0 Å². The summed E-state index contributed by atoms with van der Waals surface area (Å²) in [5.41, 5.74) is 1.56. The Morgan fingerprint density at radius 3 is 2.71 bits per heavy atom. The number of amides is 2. The smallest absolute Gasteiger partial charge is 0.307 e. The van der Waals surface area contributed by atoms with Gasteiger partial charge in [0.25, 0.3) is 0 Å². The molecule has 2 N–H and O–H groups in total. The van der Waals surface area contributed by atoms with Crippen molar-refractivity contribution in [3.8, 4) is 0 Å². The SMILES string of the molecule is O=C(Nc1ccccn1)Nc1ccnc2cc(I)ccc12. The lowest BCUT2D eigenvalue weighted by atomic mass is 10.2. The first-order valence-corrected chi connectivity index (χ1v) is 7.33. The van der Waals surface area contributed by atoms with Gasteiger partial charge in [-0.3, -0.25) is 10.3 Å². The number of urea groups is 1. The quantitative estimate of drug-likeness (QED) is 0.653. The van der Waals surface area contributed by atoms with Crippen LogP contribution in [-0.4, -0.2) is 16.0 Å². The molecule has 0 fully saturated rings. The van der Waals surface area contributed by atoms with Gasteiger partial charge < -0.3 is 5.32 Å². The van der Waals surface area contributed by atoms with E-state index in [0.717, 1.165) is 14.5 Å². The predicted molar refractivity (Wildman–Crippen MR) is 91.3 cm³/mol. The molecule has 0 saturated heterocycles. The van der Waals surface area contributed by atoms with Crippen LogP contribution in [-0.2, 0) is 0 Å². The van der Waals surface area contributed by atoms with Crippen LogP contribution < -0.4 is 10.6 Å². The minimum Gasteiger partial charge on any atom is -0.307 e. The molecule has 2 aromatic heterocycles. The number of halogens is 1. The molecule has 6 heteroatoms. The third-order valence-corrected chi connectivity index (χ3v) is 3.53. The summed E-state index contributed by atoms with van der Waals surface area (Å²) in [6.07, 6.45) is 3.30. The zero-order valence-corrected chi connectivity index (χ0v) is 13.0. The van der Waals surface area contributed by atoms with E-state index in [-0.39, 0.29) is 6.03 Å². The maximum Gasteiger partial charge on any atom is 0.324 e. The molecule has 1 aromatic carbocycles. The Labute approximate surface area is 134 Å². The highest BCUT2D eigenvalue weighted by molar-refractivity contribution is 14.1. The van der Waals surface area contributed by atoms with E-state index in [4.69, 9.17) is 0 Å². The van der Waals surface area contributed by atoms with Gasteiger partial charge in [-0.1, -0.05) is 6.07 Å². The highest BCUT2D eigenvalue weighted by atomic mass is 127. The maximum absolute atomic E-state index is 12.0. The first kappa shape index (κ1) is 13.7. The lowest BCUT2D eigenvalue weighted by Gasteiger charge is -2.09. The molecule has 2 amide bonds. The van der Waals surface area contributed by atoms with Crippen molar-refractivity contribution in [2.75, 3.05) is 10.6 Å². The normalized spacial score (nSPS) is 10.3. The van der Waals surface area contributed by atoms with Crippen LogP contribution in [0.3, 0.4) is 0 Å². The van der Waals surface area contributed by atoms with E-state index in [9.17, 15) is 4.79 Å². The average Bonchev–Trinajstić information content (AvgIpc) is 2.48. The van der Waals surface area contributed by atoms with Gasteiger partial charge >= 0.3 is 6.03 Å². The van der Waals surface area contributed by atoms with E-state index < -0.39 is 0 Å². The third-order valence-electron chi connectivity index (χ3n) is 2.86. The molecule has 0 atom stereocenters. The number of aromatic nitrogens is 2. The van der Waals surface area contributed by atoms with E-state index >= 15 is 0 Å². The fraction of sp³-hybridized carbons (Fsp3) is 0. The fourth-order valence-electron chi connectivity index (χ4n) is 1.94. The number of nitrogens with zero attached hydrogens (tertiary/aromatic N) is 2. The molecular formula is C15H11IN4O. The number of carbonyl (C=O) groups excluding carboxylic acids is 1.